The lowest BCUT2D eigenvalue weighted by Crippen LogP contribution is -2.60. The van der Waals surface area contributed by atoms with Gasteiger partial charge < -0.3 is 63.8 Å². The van der Waals surface area contributed by atoms with Crippen LogP contribution in [-0.2, 0) is 51.2 Å². The standard InChI is InChI=1S/C42H62N8O12/c1-5-24(4)36(41(60)45-22-33(53)46-30(42(61)62)8-6-7-19-43)50-37(56)29(17-18-34(54)55)47-38(57)31(20-25-9-13-27(51)14-10-25)48-39(58)32(49-40(59)35(44)23(2)3)21-26-11-15-28(52)16-12-26/h9-16,23-24,29-32,35-36,51-52H,5-8,17-22,43-44H2,1-4H3,(H,45,60)(H,46,53)(H,47,57)(H,48,58)(H,49,59)(H,50,56)(H,54,55)(H,61,62)/t24-,29-,30-,31-,32-,35-,36-/m0/s1. The number of unbranched alkanes of at least 4 members (excludes halogenated alkanes) is 1. The number of carboxylic acids is 2. The SMILES string of the molecule is CC[C@H](C)[C@H](NC(=O)[C@H](CCC(=O)O)NC(=O)[C@H](Cc1ccc(O)cc1)NC(=O)[C@H](Cc1ccc(O)cc1)NC(=O)[C@@H](N)C(C)C)C(=O)NCC(=O)N[C@@H](CCCCN)C(=O)O. The van der Waals surface area contributed by atoms with Gasteiger partial charge in [-0.3, -0.25) is 33.6 Å². The van der Waals surface area contributed by atoms with E-state index in [1.807, 2.05) is 0 Å². The molecule has 0 saturated carbocycles. The molecule has 0 aliphatic rings. The van der Waals surface area contributed by atoms with Crippen molar-refractivity contribution >= 4 is 47.4 Å². The van der Waals surface area contributed by atoms with E-state index in [-0.39, 0.29) is 36.7 Å². The minimum Gasteiger partial charge on any atom is -0.508 e. The van der Waals surface area contributed by atoms with Crippen LogP contribution in [0.2, 0.25) is 0 Å². The van der Waals surface area contributed by atoms with Crippen LogP contribution in [0, 0.1) is 11.8 Å². The molecular formula is C42H62N8O12. The Balaban J connectivity index is 2.40. The van der Waals surface area contributed by atoms with Gasteiger partial charge in [0, 0.05) is 19.3 Å². The van der Waals surface area contributed by atoms with E-state index in [1.54, 1.807) is 39.8 Å². The summed E-state index contributed by atoms with van der Waals surface area (Å²) in [6.07, 6.45) is 0.123. The number of hydrogen-bond acceptors (Lipinski definition) is 12. The highest BCUT2D eigenvalue weighted by atomic mass is 16.4. The third-order valence-corrected chi connectivity index (χ3v) is 10.1. The molecule has 2 aromatic rings. The van der Waals surface area contributed by atoms with Gasteiger partial charge in [0.15, 0.2) is 0 Å². The molecule has 0 aliphatic carbocycles. The summed E-state index contributed by atoms with van der Waals surface area (Å²) in [5, 5.41) is 53.7. The Morgan fingerprint density at radius 3 is 1.55 bits per heavy atom. The Bertz CT molecular complexity index is 1830. The van der Waals surface area contributed by atoms with Gasteiger partial charge in [-0.15, -0.1) is 0 Å². The van der Waals surface area contributed by atoms with Crippen molar-refractivity contribution in [1.29, 1.82) is 0 Å². The summed E-state index contributed by atoms with van der Waals surface area (Å²) >= 11 is 0. The van der Waals surface area contributed by atoms with Crippen LogP contribution in [0.4, 0.5) is 0 Å². The number of carboxylic acid groups (broad SMARTS) is 2. The Hall–Kier alpha value is -6.28. The van der Waals surface area contributed by atoms with E-state index in [1.165, 1.54) is 36.4 Å². The first-order chi connectivity index (χ1) is 29.2. The van der Waals surface area contributed by atoms with Gasteiger partial charge in [0.05, 0.1) is 12.6 Å². The van der Waals surface area contributed by atoms with Crippen molar-refractivity contribution in [1.82, 2.24) is 31.9 Å². The predicted molar refractivity (Wildman–Crippen MR) is 226 cm³/mol. The number of phenols is 2. The first kappa shape index (κ1) is 51.9. The Labute approximate surface area is 360 Å². The summed E-state index contributed by atoms with van der Waals surface area (Å²) in [4.78, 5) is 105. The first-order valence-corrected chi connectivity index (χ1v) is 20.5. The molecule has 20 heteroatoms. The summed E-state index contributed by atoms with van der Waals surface area (Å²) in [6.45, 7) is 6.52. The number of nitrogens with two attached hydrogens (primary N) is 2. The molecule has 0 spiro atoms. The molecule has 6 amide bonds. The quantitative estimate of drug-likeness (QED) is 0.0506. The third-order valence-electron chi connectivity index (χ3n) is 10.1. The molecule has 7 atom stereocenters. The van der Waals surface area contributed by atoms with Crippen LogP contribution >= 0.6 is 0 Å². The molecule has 62 heavy (non-hydrogen) atoms. The molecule has 0 unspecified atom stereocenters. The van der Waals surface area contributed by atoms with E-state index in [0.29, 0.717) is 36.9 Å². The number of hydrogen-bond donors (Lipinski definition) is 12. The van der Waals surface area contributed by atoms with Gasteiger partial charge in [-0.2, -0.15) is 0 Å². The molecule has 14 N–H and O–H groups in total. The Morgan fingerprint density at radius 1 is 0.613 bits per heavy atom. The number of phenolic OH excluding ortho intramolecular Hbond substituents is 2. The molecular weight excluding hydrogens is 809 g/mol. The number of nitrogens with one attached hydrogen (secondary N) is 6. The number of carbonyl (C=O) groups excluding carboxylic acids is 6. The molecule has 0 fully saturated rings. The molecule has 2 rings (SSSR count). The maximum Gasteiger partial charge on any atom is 0.326 e. The highest BCUT2D eigenvalue weighted by Gasteiger charge is 2.34. The first-order valence-electron chi connectivity index (χ1n) is 20.5. The number of aliphatic carboxylic acids is 2. The van der Waals surface area contributed by atoms with E-state index < -0.39 is 109 Å². The smallest absolute Gasteiger partial charge is 0.326 e. The van der Waals surface area contributed by atoms with Crippen molar-refractivity contribution in [3.8, 4) is 11.5 Å². The summed E-state index contributed by atoms with van der Waals surface area (Å²) < 4.78 is 0. The van der Waals surface area contributed by atoms with E-state index >= 15 is 0 Å². The van der Waals surface area contributed by atoms with Crippen molar-refractivity contribution in [2.75, 3.05) is 13.1 Å². The minimum absolute atomic E-state index is 0.0350. The molecule has 0 aliphatic heterocycles. The molecule has 0 saturated heterocycles. The van der Waals surface area contributed by atoms with Crippen molar-refractivity contribution in [3.05, 3.63) is 59.7 Å². The van der Waals surface area contributed by atoms with Crippen LogP contribution in [-0.4, -0.2) is 117 Å². The highest BCUT2D eigenvalue weighted by Crippen LogP contribution is 2.15. The van der Waals surface area contributed by atoms with Crippen LogP contribution in [0.5, 0.6) is 11.5 Å². The fourth-order valence-corrected chi connectivity index (χ4v) is 6.03. The normalized spacial score (nSPS) is 14.4. The van der Waals surface area contributed by atoms with E-state index in [4.69, 9.17) is 11.5 Å². The Kier molecular flexibility index (Phi) is 21.9. The number of amides is 6. The molecule has 0 bridgehead atoms. The highest BCUT2D eigenvalue weighted by molar-refractivity contribution is 5.97. The maximum absolute atomic E-state index is 14.1. The number of rotatable bonds is 27. The van der Waals surface area contributed by atoms with Gasteiger partial charge in [-0.05, 0) is 79.5 Å². The van der Waals surface area contributed by atoms with Crippen LogP contribution in [0.1, 0.15) is 77.3 Å². The van der Waals surface area contributed by atoms with Gasteiger partial charge in [0.25, 0.3) is 0 Å². The van der Waals surface area contributed by atoms with Crippen molar-refractivity contribution in [2.45, 2.75) is 115 Å². The second kappa shape index (κ2) is 26.1. The lowest BCUT2D eigenvalue weighted by atomic mass is 9.97. The zero-order valence-corrected chi connectivity index (χ0v) is 35.5. The van der Waals surface area contributed by atoms with Gasteiger partial charge in [0.1, 0.15) is 41.7 Å². The summed E-state index contributed by atoms with van der Waals surface area (Å²) in [5.41, 5.74) is 12.5. The largest absolute Gasteiger partial charge is 0.508 e. The maximum atomic E-state index is 14.1. The average molecular weight is 871 g/mol. The molecule has 2 aromatic carbocycles. The lowest BCUT2D eigenvalue weighted by Gasteiger charge is -2.28. The molecule has 0 heterocycles. The van der Waals surface area contributed by atoms with Crippen LogP contribution < -0.4 is 43.4 Å². The van der Waals surface area contributed by atoms with Gasteiger partial charge in [0.2, 0.25) is 35.4 Å². The molecule has 0 aromatic heterocycles. The second-order valence-corrected chi connectivity index (χ2v) is 15.5. The van der Waals surface area contributed by atoms with Crippen LogP contribution in [0.25, 0.3) is 0 Å². The monoisotopic (exact) mass is 870 g/mol. The van der Waals surface area contributed by atoms with E-state index in [2.05, 4.69) is 31.9 Å². The molecule has 20 nitrogen and oxygen atoms in total. The number of benzene rings is 2. The zero-order valence-electron chi connectivity index (χ0n) is 35.5. The second-order valence-electron chi connectivity index (χ2n) is 15.5. The van der Waals surface area contributed by atoms with Crippen molar-refractivity contribution in [3.63, 3.8) is 0 Å². The molecule has 342 valence electrons. The summed E-state index contributed by atoms with van der Waals surface area (Å²) in [7, 11) is 0. The van der Waals surface area contributed by atoms with E-state index in [9.17, 15) is 58.8 Å². The number of carbonyl (C=O) groups is 8. The van der Waals surface area contributed by atoms with E-state index in [0.717, 1.165) is 0 Å². The zero-order chi connectivity index (χ0) is 46.5. The predicted octanol–water partition coefficient (Wildman–Crippen LogP) is -0.469. The van der Waals surface area contributed by atoms with Gasteiger partial charge in [-0.25, -0.2) is 4.79 Å². The summed E-state index contributed by atoms with van der Waals surface area (Å²) in [5.74, 6) is -8.50. The van der Waals surface area contributed by atoms with Gasteiger partial charge in [-0.1, -0.05) is 58.4 Å². The lowest BCUT2D eigenvalue weighted by molar-refractivity contribution is -0.142. The number of aromatic hydroxyl groups is 2. The topological polar surface area (TPSA) is 342 Å². The third kappa shape index (κ3) is 18.1. The van der Waals surface area contributed by atoms with Crippen LogP contribution in [0.3, 0.4) is 0 Å². The fourth-order valence-electron chi connectivity index (χ4n) is 6.03. The van der Waals surface area contributed by atoms with Gasteiger partial charge >= 0.3 is 11.9 Å². The minimum atomic E-state index is -1.57. The van der Waals surface area contributed by atoms with Crippen molar-refractivity contribution < 1.29 is 58.8 Å². The van der Waals surface area contributed by atoms with Crippen molar-refractivity contribution in [2.24, 2.45) is 23.3 Å². The molecule has 0 radical (unpaired) electrons. The fraction of sp³-hybridized carbons (Fsp3) is 0.524. The van der Waals surface area contributed by atoms with Crippen LogP contribution in [0.15, 0.2) is 48.5 Å². The summed E-state index contributed by atoms with van der Waals surface area (Å²) in [6, 6.07) is 3.75. The Morgan fingerprint density at radius 2 is 1.10 bits per heavy atom. The average Bonchev–Trinajstić information content (AvgIpc) is 3.22.